The number of amides is 1. The summed E-state index contributed by atoms with van der Waals surface area (Å²) in [6, 6.07) is 5.82. The number of H-pyrrole nitrogens is 1. The topological polar surface area (TPSA) is 75.0 Å². The van der Waals surface area contributed by atoms with Crippen molar-refractivity contribution in [3.8, 4) is 0 Å². The molecule has 0 spiro atoms. The van der Waals surface area contributed by atoms with Gasteiger partial charge < -0.3 is 10.6 Å². The number of nitrogens with zero attached hydrogens (tertiary/aromatic N) is 2. The van der Waals surface area contributed by atoms with Crippen molar-refractivity contribution in [2.24, 2.45) is 11.7 Å². The molecule has 1 aliphatic rings. The third-order valence-electron chi connectivity index (χ3n) is 4.31. The first-order chi connectivity index (χ1) is 9.70. The molecule has 5 nitrogen and oxygen atoms in total. The molecule has 1 amide bonds. The maximum atomic E-state index is 12.7. The number of likely N-dealkylation sites (tertiary alicyclic amines) is 1. The lowest BCUT2D eigenvalue weighted by molar-refractivity contribution is 0.0532. The first-order valence-corrected chi connectivity index (χ1v) is 7.15. The van der Waals surface area contributed by atoms with E-state index in [2.05, 4.69) is 17.1 Å². The van der Waals surface area contributed by atoms with E-state index in [0.717, 1.165) is 30.3 Å². The van der Waals surface area contributed by atoms with Crippen LogP contribution >= 0.6 is 0 Å². The summed E-state index contributed by atoms with van der Waals surface area (Å²) in [7, 11) is 0. The van der Waals surface area contributed by atoms with Crippen LogP contribution in [0.4, 0.5) is 0 Å². The fourth-order valence-electron chi connectivity index (χ4n) is 3.10. The highest BCUT2D eigenvalue weighted by Gasteiger charge is 2.31. The number of piperidine rings is 1. The summed E-state index contributed by atoms with van der Waals surface area (Å²) in [6.07, 6.45) is 3.95. The fourth-order valence-corrected chi connectivity index (χ4v) is 3.10. The lowest BCUT2D eigenvalue weighted by Crippen LogP contribution is -2.51. The predicted octanol–water partition coefficient (Wildman–Crippen LogP) is 1.76. The molecule has 0 bridgehead atoms. The highest BCUT2D eigenvalue weighted by molar-refractivity contribution is 5.98. The van der Waals surface area contributed by atoms with Crippen LogP contribution < -0.4 is 5.73 Å². The van der Waals surface area contributed by atoms with Gasteiger partial charge in [0, 0.05) is 30.1 Å². The summed E-state index contributed by atoms with van der Waals surface area (Å²) in [4.78, 5) is 14.7. The number of hydrogen-bond acceptors (Lipinski definition) is 3. The molecule has 0 saturated carbocycles. The monoisotopic (exact) mass is 272 g/mol. The zero-order valence-corrected chi connectivity index (χ0v) is 11.7. The van der Waals surface area contributed by atoms with Crippen LogP contribution in [0.15, 0.2) is 24.4 Å². The van der Waals surface area contributed by atoms with E-state index >= 15 is 0 Å². The molecule has 20 heavy (non-hydrogen) atoms. The Kier molecular flexibility index (Phi) is 3.44. The number of hydrogen-bond donors (Lipinski definition) is 2. The maximum absolute atomic E-state index is 12.7. The number of nitrogens with two attached hydrogens (primary N) is 1. The molecule has 106 valence electrons. The number of carbonyl (C=O) groups excluding carboxylic acids is 1. The molecule has 1 saturated heterocycles. The number of carbonyl (C=O) groups is 1. The first-order valence-electron chi connectivity index (χ1n) is 7.15. The van der Waals surface area contributed by atoms with Gasteiger partial charge in [-0.3, -0.25) is 9.89 Å². The molecule has 1 aliphatic heterocycles. The van der Waals surface area contributed by atoms with Crippen LogP contribution in [0.5, 0.6) is 0 Å². The Morgan fingerprint density at radius 2 is 2.40 bits per heavy atom. The van der Waals surface area contributed by atoms with E-state index in [1.807, 2.05) is 23.1 Å². The van der Waals surface area contributed by atoms with E-state index < -0.39 is 0 Å². The van der Waals surface area contributed by atoms with Gasteiger partial charge in [0.25, 0.3) is 5.91 Å². The van der Waals surface area contributed by atoms with Crippen LogP contribution in [0.2, 0.25) is 0 Å². The third kappa shape index (κ3) is 2.18. The van der Waals surface area contributed by atoms with Crippen LogP contribution in [0.1, 0.15) is 30.1 Å². The molecule has 2 heterocycles. The molecule has 3 rings (SSSR count). The summed E-state index contributed by atoms with van der Waals surface area (Å²) in [5, 5.41) is 7.91. The second kappa shape index (κ2) is 5.25. The van der Waals surface area contributed by atoms with Gasteiger partial charge in [0.2, 0.25) is 0 Å². The molecule has 0 aliphatic carbocycles. The fraction of sp³-hybridized carbons (Fsp3) is 0.467. The predicted molar refractivity (Wildman–Crippen MR) is 78.4 cm³/mol. The minimum Gasteiger partial charge on any atom is -0.334 e. The molecular weight excluding hydrogens is 252 g/mol. The van der Waals surface area contributed by atoms with Gasteiger partial charge in [-0.05, 0) is 30.9 Å². The van der Waals surface area contributed by atoms with Gasteiger partial charge in [-0.25, -0.2) is 0 Å². The van der Waals surface area contributed by atoms with E-state index in [0.29, 0.717) is 18.0 Å². The van der Waals surface area contributed by atoms with Crippen molar-refractivity contribution in [1.82, 2.24) is 15.1 Å². The van der Waals surface area contributed by atoms with Crippen molar-refractivity contribution in [2.45, 2.75) is 25.8 Å². The quantitative estimate of drug-likeness (QED) is 0.874. The molecule has 2 atom stereocenters. The number of fused-ring (bicyclic) bond motifs is 1. The number of aromatic amines is 1. The van der Waals surface area contributed by atoms with Gasteiger partial charge in [0.1, 0.15) is 0 Å². The minimum atomic E-state index is 0.0727. The van der Waals surface area contributed by atoms with Crippen LogP contribution in [0.25, 0.3) is 10.9 Å². The van der Waals surface area contributed by atoms with Crippen molar-refractivity contribution < 1.29 is 4.79 Å². The van der Waals surface area contributed by atoms with E-state index in [-0.39, 0.29) is 11.9 Å². The summed E-state index contributed by atoms with van der Waals surface area (Å²) < 4.78 is 0. The third-order valence-corrected chi connectivity index (χ3v) is 4.31. The highest BCUT2D eigenvalue weighted by atomic mass is 16.2. The first kappa shape index (κ1) is 13.1. The van der Waals surface area contributed by atoms with Gasteiger partial charge in [-0.1, -0.05) is 13.0 Å². The maximum Gasteiger partial charge on any atom is 0.254 e. The van der Waals surface area contributed by atoms with E-state index in [1.54, 1.807) is 6.20 Å². The second-order valence-electron chi connectivity index (χ2n) is 5.59. The van der Waals surface area contributed by atoms with E-state index in [9.17, 15) is 4.79 Å². The largest absolute Gasteiger partial charge is 0.334 e. The van der Waals surface area contributed by atoms with Crippen LogP contribution in [-0.4, -0.2) is 40.1 Å². The Balaban J connectivity index is 1.90. The summed E-state index contributed by atoms with van der Waals surface area (Å²) in [5.41, 5.74) is 7.46. The van der Waals surface area contributed by atoms with Gasteiger partial charge >= 0.3 is 0 Å². The van der Waals surface area contributed by atoms with Crippen molar-refractivity contribution in [3.63, 3.8) is 0 Å². The van der Waals surface area contributed by atoms with Crippen molar-refractivity contribution >= 4 is 16.8 Å². The van der Waals surface area contributed by atoms with E-state index in [4.69, 9.17) is 5.73 Å². The van der Waals surface area contributed by atoms with Gasteiger partial charge in [-0.2, -0.15) is 5.10 Å². The summed E-state index contributed by atoms with van der Waals surface area (Å²) in [5.74, 6) is 0.539. The molecule has 5 heteroatoms. The van der Waals surface area contributed by atoms with Crippen LogP contribution in [0, 0.1) is 5.92 Å². The summed E-state index contributed by atoms with van der Waals surface area (Å²) in [6.45, 7) is 3.50. The Morgan fingerprint density at radius 1 is 1.55 bits per heavy atom. The molecular formula is C15H20N4O. The highest BCUT2D eigenvalue weighted by Crippen LogP contribution is 2.25. The normalized spacial score (nSPS) is 23.2. The molecule has 3 N–H and O–H groups in total. The number of rotatable bonds is 2. The molecule has 2 aromatic rings. The smallest absolute Gasteiger partial charge is 0.254 e. The van der Waals surface area contributed by atoms with Gasteiger partial charge in [-0.15, -0.1) is 0 Å². The molecule has 1 aromatic carbocycles. The molecule has 2 unspecified atom stereocenters. The Labute approximate surface area is 118 Å². The van der Waals surface area contributed by atoms with E-state index in [1.165, 1.54) is 0 Å². The zero-order chi connectivity index (χ0) is 14.1. The average molecular weight is 272 g/mol. The van der Waals surface area contributed by atoms with Crippen LogP contribution in [0.3, 0.4) is 0 Å². The lowest BCUT2D eigenvalue weighted by Gasteiger charge is -2.39. The number of nitrogens with one attached hydrogen (secondary N) is 1. The standard InChI is InChI=1S/C15H20N4O/c1-10-3-2-6-19(14(10)8-16)15(20)11-4-5-12-9-17-18-13(12)7-11/h4-5,7,9-10,14H,2-3,6,8,16H2,1H3,(H,17,18). The Morgan fingerprint density at radius 3 is 3.20 bits per heavy atom. The van der Waals surface area contributed by atoms with Crippen LogP contribution in [-0.2, 0) is 0 Å². The average Bonchev–Trinajstić information content (AvgIpc) is 2.93. The van der Waals surface area contributed by atoms with Gasteiger partial charge in [0.15, 0.2) is 0 Å². The summed E-state index contributed by atoms with van der Waals surface area (Å²) >= 11 is 0. The molecule has 0 radical (unpaired) electrons. The van der Waals surface area contributed by atoms with Crippen molar-refractivity contribution in [3.05, 3.63) is 30.0 Å². The number of benzene rings is 1. The molecule has 1 fully saturated rings. The number of aromatic nitrogens is 2. The lowest BCUT2D eigenvalue weighted by atomic mass is 9.90. The minimum absolute atomic E-state index is 0.0727. The van der Waals surface area contributed by atoms with Gasteiger partial charge in [0.05, 0.1) is 11.7 Å². The second-order valence-corrected chi connectivity index (χ2v) is 5.59. The molecule has 1 aromatic heterocycles. The Hall–Kier alpha value is -1.88. The SMILES string of the molecule is CC1CCCN(C(=O)c2ccc3cn[nH]c3c2)C1CN. The van der Waals surface area contributed by atoms with Crippen molar-refractivity contribution in [1.29, 1.82) is 0 Å². The zero-order valence-electron chi connectivity index (χ0n) is 11.7. The Bertz CT molecular complexity index is 621. The van der Waals surface area contributed by atoms with Crippen molar-refractivity contribution in [2.75, 3.05) is 13.1 Å².